The van der Waals surface area contributed by atoms with Crippen LogP contribution in [0.4, 0.5) is 5.69 Å². The van der Waals surface area contributed by atoms with Crippen LogP contribution in [0.15, 0.2) is 29.2 Å². The molecule has 1 aromatic rings. The summed E-state index contributed by atoms with van der Waals surface area (Å²) in [5.41, 5.74) is 0.474. The van der Waals surface area contributed by atoms with Crippen LogP contribution in [0.5, 0.6) is 0 Å². The smallest absolute Gasteiger partial charge is 0.238 e. The van der Waals surface area contributed by atoms with Gasteiger partial charge in [-0.05, 0) is 30.7 Å². The molecular formula is C15H21N3O4S. The van der Waals surface area contributed by atoms with Gasteiger partial charge in [0.05, 0.1) is 10.8 Å². The Morgan fingerprint density at radius 3 is 2.57 bits per heavy atom. The molecule has 2 amide bonds. The van der Waals surface area contributed by atoms with Gasteiger partial charge in [-0.2, -0.15) is 0 Å². The third kappa shape index (κ3) is 4.52. The minimum absolute atomic E-state index is 0.00294. The minimum atomic E-state index is -3.75. The standard InChI is InChI=1S/C15H21N3O4S/c1-2-3-8-18-10-11(9-14(18)19)15(20)17-12-4-6-13(7-5-12)23(16,21)22/h4-7,11H,2-3,8-10H2,1H3,(H,17,20)(H2,16,21,22)/t11-/m0/s1. The van der Waals surface area contributed by atoms with Crippen LogP contribution >= 0.6 is 0 Å². The summed E-state index contributed by atoms with van der Waals surface area (Å²) in [6.45, 7) is 3.16. The Labute approximate surface area is 135 Å². The number of amides is 2. The molecule has 1 heterocycles. The zero-order valence-electron chi connectivity index (χ0n) is 13.0. The van der Waals surface area contributed by atoms with Crippen LogP contribution in [-0.4, -0.2) is 38.2 Å². The Bertz CT molecular complexity index is 685. The van der Waals surface area contributed by atoms with Crippen molar-refractivity contribution >= 4 is 27.5 Å². The van der Waals surface area contributed by atoms with Gasteiger partial charge in [-0.3, -0.25) is 9.59 Å². The topological polar surface area (TPSA) is 110 Å². The molecule has 0 spiro atoms. The summed E-state index contributed by atoms with van der Waals surface area (Å²) in [6.07, 6.45) is 2.14. The first-order valence-electron chi connectivity index (χ1n) is 7.52. The Hall–Kier alpha value is -1.93. The van der Waals surface area contributed by atoms with E-state index in [2.05, 4.69) is 12.2 Å². The molecule has 2 rings (SSSR count). The maximum Gasteiger partial charge on any atom is 0.238 e. The van der Waals surface area contributed by atoms with Crippen LogP contribution in [0.1, 0.15) is 26.2 Å². The van der Waals surface area contributed by atoms with Crippen molar-refractivity contribution in [3.8, 4) is 0 Å². The maximum atomic E-state index is 12.2. The summed E-state index contributed by atoms with van der Waals surface area (Å²) in [6, 6.07) is 5.61. The van der Waals surface area contributed by atoms with Gasteiger partial charge in [-0.1, -0.05) is 13.3 Å². The molecule has 1 fully saturated rings. The highest BCUT2D eigenvalue weighted by atomic mass is 32.2. The molecule has 0 saturated carbocycles. The summed E-state index contributed by atoms with van der Waals surface area (Å²) in [4.78, 5) is 25.8. The largest absolute Gasteiger partial charge is 0.342 e. The van der Waals surface area contributed by atoms with Gasteiger partial charge >= 0.3 is 0 Å². The molecule has 1 atom stereocenters. The van der Waals surface area contributed by atoms with E-state index in [-0.39, 0.29) is 29.0 Å². The van der Waals surface area contributed by atoms with E-state index in [4.69, 9.17) is 5.14 Å². The quantitative estimate of drug-likeness (QED) is 0.803. The maximum absolute atomic E-state index is 12.2. The van der Waals surface area contributed by atoms with E-state index in [1.807, 2.05) is 0 Å². The predicted octanol–water partition coefficient (Wildman–Crippen LogP) is 0.921. The Morgan fingerprint density at radius 1 is 1.35 bits per heavy atom. The van der Waals surface area contributed by atoms with Crippen molar-refractivity contribution in [1.29, 1.82) is 0 Å². The van der Waals surface area contributed by atoms with E-state index in [0.717, 1.165) is 12.8 Å². The first-order valence-corrected chi connectivity index (χ1v) is 9.07. The number of nitrogens with two attached hydrogens (primary N) is 1. The average Bonchev–Trinajstić information content (AvgIpc) is 2.86. The SMILES string of the molecule is CCCCN1C[C@@H](C(=O)Nc2ccc(S(N)(=O)=O)cc2)CC1=O. The summed E-state index contributed by atoms with van der Waals surface area (Å²) >= 11 is 0. The Morgan fingerprint density at radius 2 is 2.00 bits per heavy atom. The lowest BCUT2D eigenvalue weighted by Gasteiger charge is -2.16. The van der Waals surface area contributed by atoms with Crippen molar-refractivity contribution in [2.24, 2.45) is 11.1 Å². The molecule has 1 saturated heterocycles. The zero-order valence-corrected chi connectivity index (χ0v) is 13.8. The second-order valence-corrected chi connectivity index (χ2v) is 7.21. The minimum Gasteiger partial charge on any atom is -0.342 e. The highest BCUT2D eigenvalue weighted by Crippen LogP contribution is 2.21. The van der Waals surface area contributed by atoms with Gasteiger partial charge < -0.3 is 10.2 Å². The fourth-order valence-corrected chi connectivity index (χ4v) is 3.00. The summed E-state index contributed by atoms with van der Waals surface area (Å²) < 4.78 is 22.4. The van der Waals surface area contributed by atoms with Crippen molar-refractivity contribution in [1.82, 2.24) is 4.90 Å². The molecule has 1 aromatic carbocycles. The van der Waals surface area contributed by atoms with E-state index in [1.165, 1.54) is 24.3 Å². The van der Waals surface area contributed by atoms with Gasteiger partial charge in [0.2, 0.25) is 21.8 Å². The monoisotopic (exact) mass is 339 g/mol. The second kappa shape index (κ2) is 7.10. The third-order valence-corrected chi connectivity index (χ3v) is 4.75. The molecule has 0 bridgehead atoms. The van der Waals surface area contributed by atoms with Crippen LogP contribution < -0.4 is 10.5 Å². The lowest BCUT2D eigenvalue weighted by atomic mass is 10.1. The molecule has 1 aliphatic heterocycles. The third-order valence-electron chi connectivity index (χ3n) is 3.82. The molecule has 0 unspecified atom stereocenters. The molecular weight excluding hydrogens is 318 g/mol. The molecule has 23 heavy (non-hydrogen) atoms. The van der Waals surface area contributed by atoms with Gasteiger partial charge in [-0.25, -0.2) is 13.6 Å². The number of sulfonamides is 1. The number of hydrogen-bond acceptors (Lipinski definition) is 4. The van der Waals surface area contributed by atoms with E-state index in [9.17, 15) is 18.0 Å². The van der Waals surface area contributed by atoms with Crippen LogP contribution in [0.2, 0.25) is 0 Å². The van der Waals surface area contributed by atoms with Crippen molar-refractivity contribution in [2.45, 2.75) is 31.1 Å². The molecule has 0 radical (unpaired) electrons. The number of rotatable bonds is 6. The first kappa shape index (κ1) is 17.4. The number of nitrogens with zero attached hydrogens (tertiary/aromatic N) is 1. The molecule has 3 N–H and O–H groups in total. The first-order chi connectivity index (χ1) is 10.8. The fraction of sp³-hybridized carbons (Fsp3) is 0.467. The second-order valence-electron chi connectivity index (χ2n) is 5.65. The Kier molecular flexibility index (Phi) is 5.38. The summed E-state index contributed by atoms with van der Waals surface area (Å²) in [5.74, 6) is -0.610. The number of primary sulfonamides is 1. The van der Waals surface area contributed by atoms with Crippen molar-refractivity contribution in [3.05, 3.63) is 24.3 Å². The number of nitrogens with one attached hydrogen (secondary N) is 1. The van der Waals surface area contributed by atoms with Gasteiger partial charge in [0, 0.05) is 25.2 Å². The highest BCUT2D eigenvalue weighted by Gasteiger charge is 2.33. The van der Waals surface area contributed by atoms with E-state index in [1.54, 1.807) is 4.90 Å². The predicted molar refractivity (Wildman–Crippen MR) is 86.0 cm³/mol. The number of carbonyl (C=O) groups is 2. The lowest BCUT2D eigenvalue weighted by molar-refractivity contribution is -0.128. The van der Waals surface area contributed by atoms with E-state index in [0.29, 0.717) is 18.8 Å². The average molecular weight is 339 g/mol. The van der Waals surface area contributed by atoms with Crippen LogP contribution in [0.3, 0.4) is 0 Å². The zero-order chi connectivity index (χ0) is 17.0. The van der Waals surface area contributed by atoms with Gasteiger partial charge in [-0.15, -0.1) is 0 Å². The van der Waals surface area contributed by atoms with Crippen molar-refractivity contribution in [2.75, 3.05) is 18.4 Å². The molecule has 0 aliphatic carbocycles. The normalized spacial score (nSPS) is 18.3. The van der Waals surface area contributed by atoms with Crippen LogP contribution in [0.25, 0.3) is 0 Å². The molecule has 8 heteroatoms. The van der Waals surface area contributed by atoms with E-state index >= 15 is 0 Å². The van der Waals surface area contributed by atoms with E-state index < -0.39 is 10.0 Å². The van der Waals surface area contributed by atoms with Crippen LogP contribution in [0, 0.1) is 5.92 Å². The number of anilines is 1. The summed E-state index contributed by atoms with van der Waals surface area (Å²) in [5, 5.41) is 7.73. The highest BCUT2D eigenvalue weighted by molar-refractivity contribution is 7.89. The molecule has 1 aliphatic rings. The number of carbonyl (C=O) groups excluding carboxylic acids is 2. The number of likely N-dealkylation sites (tertiary alicyclic amines) is 1. The Balaban J connectivity index is 1.96. The number of hydrogen-bond donors (Lipinski definition) is 2. The fourth-order valence-electron chi connectivity index (χ4n) is 2.49. The van der Waals surface area contributed by atoms with Gasteiger partial charge in [0.25, 0.3) is 0 Å². The van der Waals surface area contributed by atoms with Crippen molar-refractivity contribution < 1.29 is 18.0 Å². The number of unbranched alkanes of at least 4 members (excludes halogenated alkanes) is 1. The van der Waals surface area contributed by atoms with Gasteiger partial charge in [0.1, 0.15) is 0 Å². The molecule has 126 valence electrons. The van der Waals surface area contributed by atoms with Gasteiger partial charge in [0.15, 0.2) is 0 Å². The summed E-state index contributed by atoms with van der Waals surface area (Å²) in [7, 11) is -3.75. The van der Waals surface area contributed by atoms with Crippen LogP contribution in [-0.2, 0) is 19.6 Å². The number of benzene rings is 1. The van der Waals surface area contributed by atoms with Crippen molar-refractivity contribution in [3.63, 3.8) is 0 Å². The lowest BCUT2D eigenvalue weighted by Crippen LogP contribution is -2.29. The molecule has 7 nitrogen and oxygen atoms in total. The molecule has 0 aromatic heterocycles.